The van der Waals surface area contributed by atoms with Gasteiger partial charge < -0.3 is 14.9 Å². The number of aliphatic hydroxyl groups is 2. The van der Waals surface area contributed by atoms with E-state index in [9.17, 15) is 10.2 Å². The fourth-order valence-corrected chi connectivity index (χ4v) is 3.07. The summed E-state index contributed by atoms with van der Waals surface area (Å²) in [5, 5.41) is 19.6. The zero-order valence-electron chi connectivity index (χ0n) is 12.8. The summed E-state index contributed by atoms with van der Waals surface area (Å²) in [6, 6.07) is 10.1. The average molecular weight is 293 g/mol. The molecular formula is C17H27NO3. The van der Waals surface area contributed by atoms with Crippen molar-refractivity contribution < 1.29 is 14.9 Å². The molecule has 1 aromatic carbocycles. The van der Waals surface area contributed by atoms with E-state index in [1.165, 1.54) is 0 Å². The van der Waals surface area contributed by atoms with E-state index in [0.29, 0.717) is 25.7 Å². The molecule has 0 spiro atoms. The highest BCUT2D eigenvalue weighted by atomic mass is 16.5. The Morgan fingerprint density at radius 3 is 2.81 bits per heavy atom. The lowest BCUT2D eigenvalue weighted by atomic mass is 9.91. The van der Waals surface area contributed by atoms with Crippen molar-refractivity contribution in [3.05, 3.63) is 35.9 Å². The summed E-state index contributed by atoms with van der Waals surface area (Å²) < 4.78 is 5.58. The van der Waals surface area contributed by atoms with Crippen molar-refractivity contribution in [2.75, 3.05) is 26.3 Å². The van der Waals surface area contributed by atoms with Crippen LogP contribution in [0.25, 0.3) is 0 Å². The van der Waals surface area contributed by atoms with Gasteiger partial charge in [0.2, 0.25) is 0 Å². The minimum Gasteiger partial charge on any atom is -0.395 e. The van der Waals surface area contributed by atoms with Crippen LogP contribution < -0.4 is 0 Å². The molecule has 0 aromatic heterocycles. The molecule has 2 N–H and O–H groups in total. The second-order valence-electron chi connectivity index (χ2n) is 6.02. The fourth-order valence-electron chi connectivity index (χ4n) is 3.07. The SMILES string of the molecule is CC1CCCN(CC(O)COCc2ccccc2)C1CO. The lowest BCUT2D eigenvalue weighted by molar-refractivity contribution is -0.0213. The van der Waals surface area contributed by atoms with Crippen LogP contribution in [0, 0.1) is 5.92 Å². The number of β-amino-alcohol motifs (C(OH)–C–C–N with tert-alkyl or cyclic N) is 1. The molecule has 1 aromatic rings. The van der Waals surface area contributed by atoms with Gasteiger partial charge in [0.1, 0.15) is 0 Å². The molecule has 1 aliphatic heterocycles. The summed E-state index contributed by atoms with van der Waals surface area (Å²) in [7, 11) is 0. The molecule has 3 unspecified atom stereocenters. The standard InChI is InChI=1S/C17H27NO3/c1-14-6-5-9-18(17(14)11-19)10-16(20)13-21-12-15-7-3-2-4-8-15/h2-4,7-8,14,16-17,19-20H,5-6,9-13H2,1H3. The first-order chi connectivity index (χ1) is 10.2. The molecule has 1 saturated heterocycles. The van der Waals surface area contributed by atoms with Crippen LogP contribution in [0.15, 0.2) is 30.3 Å². The van der Waals surface area contributed by atoms with Crippen molar-refractivity contribution in [3.63, 3.8) is 0 Å². The minimum atomic E-state index is -0.506. The van der Waals surface area contributed by atoms with Crippen LogP contribution in [-0.2, 0) is 11.3 Å². The number of piperidine rings is 1. The van der Waals surface area contributed by atoms with Crippen molar-refractivity contribution in [3.8, 4) is 0 Å². The van der Waals surface area contributed by atoms with Crippen LogP contribution in [-0.4, -0.2) is 53.6 Å². The Morgan fingerprint density at radius 1 is 1.33 bits per heavy atom. The van der Waals surface area contributed by atoms with Crippen LogP contribution in [0.4, 0.5) is 0 Å². The molecule has 4 nitrogen and oxygen atoms in total. The Kier molecular flexibility index (Phi) is 6.64. The molecule has 0 saturated carbocycles. The van der Waals surface area contributed by atoms with Crippen LogP contribution in [0.1, 0.15) is 25.3 Å². The number of benzene rings is 1. The highest BCUT2D eigenvalue weighted by Crippen LogP contribution is 2.23. The number of aliphatic hydroxyl groups excluding tert-OH is 2. The summed E-state index contributed by atoms with van der Waals surface area (Å²) in [5.74, 6) is 0.487. The van der Waals surface area contributed by atoms with E-state index in [4.69, 9.17) is 4.74 Å². The topological polar surface area (TPSA) is 52.9 Å². The number of rotatable bonds is 7. The quantitative estimate of drug-likeness (QED) is 0.803. The van der Waals surface area contributed by atoms with Crippen molar-refractivity contribution in [1.29, 1.82) is 0 Å². The second kappa shape index (κ2) is 8.49. The highest BCUT2D eigenvalue weighted by molar-refractivity contribution is 5.13. The molecule has 0 aliphatic carbocycles. The third-order valence-electron chi connectivity index (χ3n) is 4.28. The molecule has 1 aliphatic rings. The minimum absolute atomic E-state index is 0.165. The van der Waals surface area contributed by atoms with E-state index in [1.807, 2.05) is 30.3 Å². The first kappa shape index (κ1) is 16.4. The van der Waals surface area contributed by atoms with Gasteiger partial charge in [0.25, 0.3) is 0 Å². The maximum absolute atomic E-state index is 10.1. The summed E-state index contributed by atoms with van der Waals surface area (Å²) in [5.41, 5.74) is 1.12. The van der Waals surface area contributed by atoms with Gasteiger partial charge >= 0.3 is 0 Å². The Morgan fingerprint density at radius 2 is 2.10 bits per heavy atom. The van der Waals surface area contributed by atoms with Gasteiger partial charge in [0.15, 0.2) is 0 Å². The normalized spacial score (nSPS) is 24.9. The molecular weight excluding hydrogens is 266 g/mol. The molecule has 118 valence electrons. The Bertz CT molecular complexity index is 398. The first-order valence-electron chi connectivity index (χ1n) is 7.85. The molecule has 0 amide bonds. The molecule has 0 radical (unpaired) electrons. The van der Waals surface area contributed by atoms with E-state index in [1.54, 1.807) is 0 Å². The third kappa shape index (κ3) is 5.08. The molecule has 1 fully saturated rings. The second-order valence-corrected chi connectivity index (χ2v) is 6.02. The smallest absolute Gasteiger partial charge is 0.0900 e. The molecule has 3 atom stereocenters. The molecule has 21 heavy (non-hydrogen) atoms. The van der Waals surface area contributed by atoms with Crippen LogP contribution in [0.5, 0.6) is 0 Å². The maximum atomic E-state index is 10.1. The summed E-state index contributed by atoms with van der Waals surface area (Å²) in [6.07, 6.45) is 1.78. The molecule has 0 bridgehead atoms. The zero-order valence-corrected chi connectivity index (χ0v) is 12.8. The van der Waals surface area contributed by atoms with Crippen LogP contribution in [0.3, 0.4) is 0 Å². The van der Waals surface area contributed by atoms with E-state index in [0.717, 1.165) is 24.9 Å². The van der Waals surface area contributed by atoms with E-state index < -0.39 is 6.10 Å². The predicted octanol–water partition coefficient (Wildman–Crippen LogP) is 1.66. The van der Waals surface area contributed by atoms with Gasteiger partial charge in [0, 0.05) is 12.6 Å². The lowest BCUT2D eigenvalue weighted by Crippen LogP contribution is -2.50. The largest absolute Gasteiger partial charge is 0.395 e. The summed E-state index contributed by atoms with van der Waals surface area (Å²) in [4.78, 5) is 2.20. The van der Waals surface area contributed by atoms with Crippen molar-refractivity contribution in [2.45, 2.75) is 38.5 Å². The molecule has 2 rings (SSSR count). The fraction of sp³-hybridized carbons (Fsp3) is 0.647. The first-order valence-corrected chi connectivity index (χ1v) is 7.85. The van der Waals surface area contributed by atoms with E-state index in [-0.39, 0.29) is 12.6 Å². The monoisotopic (exact) mass is 293 g/mol. The van der Waals surface area contributed by atoms with E-state index in [2.05, 4.69) is 11.8 Å². The number of ether oxygens (including phenoxy) is 1. The predicted molar refractivity (Wildman–Crippen MR) is 82.9 cm³/mol. The van der Waals surface area contributed by atoms with Crippen LogP contribution in [0.2, 0.25) is 0 Å². The van der Waals surface area contributed by atoms with Gasteiger partial charge in [-0.2, -0.15) is 0 Å². The lowest BCUT2D eigenvalue weighted by Gasteiger charge is -2.39. The zero-order chi connectivity index (χ0) is 15.1. The highest BCUT2D eigenvalue weighted by Gasteiger charge is 2.28. The van der Waals surface area contributed by atoms with Crippen molar-refractivity contribution in [2.24, 2.45) is 5.92 Å². The Labute approximate surface area is 127 Å². The van der Waals surface area contributed by atoms with Gasteiger partial charge in [-0.05, 0) is 30.9 Å². The Hall–Kier alpha value is -0.940. The third-order valence-corrected chi connectivity index (χ3v) is 4.28. The number of likely N-dealkylation sites (tertiary alicyclic amines) is 1. The van der Waals surface area contributed by atoms with Crippen LogP contribution >= 0.6 is 0 Å². The number of hydrogen-bond acceptors (Lipinski definition) is 4. The van der Waals surface area contributed by atoms with Gasteiger partial charge in [-0.1, -0.05) is 37.3 Å². The van der Waals surface area contributed by atoms with Gasteiger partial charge in [-0.25, -0.2) is 0 Å². The van der Waals surface area contributed by atoms with Crippen molar-refractivity contribution in [1.82, 2.24) is 4.90 Å². The van der Waals surface area contributed by atoms with Gasteiger partial charge in [-0.15, -0.1) is 0 Å². The molecule has 4 heteroatoms. The Balaban J connectivity index is 1.72. The van der Waals surface area contributed by atoms with E-state index >= 15 is 0 Å². The molecule has 1 heterocycles. The maximum Gasteiger partial charge on any atom is 0.0900 e. The average Bonchev–Trinajstić information content (AvgIpc) is 2.48. The van der Waals surface area contributed by atoms with Gasteiger partial charge in [0.05, 0.1) is 25.9 Å². The summed E-state index contributed by atoms with van der Waals surface area (Å²) >= 11 is 0. The van der Waals surface area contributed by atoms with Gasteiger partial charge in [-0.3, -0.25) is 4.90 Å². The number of hydrogen-bond donors (Lipinski definition) is 2. The summed E-state index contributed by atoms with van der Waals surface area (Å²) in [6.45, 7) is 4.72. The number of nitrogens with zero attached hydrogens (tertiary/aromatic N) is 1. The van der Waals surface area contributed by atoms with Crippen molar-refractivity contribution >= 4 is 0 Å².